The molecular weight excluding hydrogens is 349 g/mol. The highest BCUT2D eigenvalue weighted by molar-refractivity contribution is 6.01. The van der Waals surface area contributed by atoms with Crippen molar-refractivity contribution in [1.82, 2.24) is 4.98 Å². The van der Waals surface area contributed by atoms with Gasteiger partial charge in [0.25, 0.3) is 5.91 Å². The number of nitrogens with two attached hydrogens (primary N) is 1. The maximum Gasteiger partial charge on any atom is 0.416 e. The first-order chi connectivity index (χ1) is 12.3. The van der Waals surface area contributed by atoms with Crippen LogP contribution in [0.15, 0.2) is 48.7 Å². The molecule has 2 N–H and O–H groups in total. The van der Waals surface area contributed by atoms with E-state index in [1.807, 2.05) is 0 Å². The standard InChI is InChI=1S/C18H13F3N2O3/c1-25-16-9-14-12(8-13(16)17(22)24)15(5-6-23-14)26-11-4-2-3-10(7-11)18(19,20)21/h2-9H,1H3,(H2,22,24). The van der Waals surface area contributed by atoms with E-state index in [1.54, 1.807) is 0 Å². The fourth-order valence-electron chi connectivity index (χ4n) is 2.46. The van der Waals surface area contributed by atoms with Crippen LogP contribution in [0.5, 0.6) is 17.2 Å². The van der Waals surface area contributed by atoms with Gasteiger partial charge in [-0.3, -0.25) is 9.78 Å². The highest BCUT2D eigenvalue weighted by Gasteiger charge is 2.30. The molecule has 0 spiro atoms. The van der Waals surface area contributed by atoms with Crippen LogP contribution in [0.1, 0.15) is 15.9 Å². The average molecular weight is 362 g/mol. The third-order valence-corrected chi connectivity index (χ3v) is 3.68. The zero-order valence-electron chi connectivity index (χ0n) is 13.5. The number of benzene rings is 2. The van der Waals surface area contributed by atoms with Gasteiger partial charge in [0.1, 0.15) is 17.2 Å². The zero-order chi connectivity index (χ0) is 18.9. The number of alkyl halides is 3. The van der Waals surface area contributed by atoms with E-state index in [0.717, 1.165) is 12.1 Å². The molecule has 5 nitrogen and oxygen atoms in total. The van der Waals surface area contributed by atoms with Gasteiger partial charge in [-0.1, -0.05) is 6.07 Å². The van der Waals surface area contributed by atoms with Gasteiger partial charge in [0, 0.05) is 17.6 Å². The molecule has 0 bridgehead atoms. The van der Waals surface area contributed by atoms with Gasteiger partial charge in [-0.15, -0.1) is 0 Å². The lowest BCUT2D eigenvalue weighted by atomic mass is 10.1. The number of pyridine rings is 1. The Kier molecular flexibility index (Phi) is 4.41. The highest BCUT2D eigenvalue weighted by atomic mass is 19.4. The fourth-order valence-corrected chi connectivity index (χ4v) is 2.46. The van der Waals surface area contributed by atoms with Gasteiger partial charge in [-0.05, 0) is 30.3 Å². The van der Waals surface area contributed by atoms with E-state index in [1.165, 1.54) is 43.6 Å². The summed E-state index contributed by atoms with van der Waals surface area (Å²) in [4.78, 5) is 15.8. The molecule has 1 heterocycles. The minimum absolute atomic E-state index is 0.00349. The Balaban J connectivity index is 2.08. The first kappa shape index (κ1) is 17.5. The summed E-state index contributed by atoms with van der Waals surface area (Å²) in [6.45, 7) is 0. The highest BCUT2D eigenvalue weighted by Crippen LogP contribution is 2.35. The third kappa shape index (κ3) is 3.39. The molecule has 0 saturated carbocycles. The molecule has 26 heavy (non-hydrogen) atoms. The van der Waals surface area contributed by atoms with Gasteiger partial charge >= 0.3 is 6.18 Å². The molecule has 2 aromatic carbocycles. The fraction of sp³-hybridized carbons (Fsp3) is 0.111. The van der Waals surface area contributed by atoms with Crippen molar-refractivity contribution >= 4 is 16.8 Å². The number of hydrogen-bond acceptors (Lipinski definition) is 4. The van der Waals surface area contributed by atoms with Gasteiger partial charge in [0.15, 0.2) is 0 Å². The third-order valence-electron chi connectivity index (χ3n) is 3.68. The molecule has 0 aliphatic carbocycles. The summed E-state index contributed by atoms with van der Waals surface area (Å²) in [5.41, 5.74) is 5.07. The molecule has 1 aromatic heterocycles. The largest absolute Gasteiger partial charge is 0.496 e. The van der Waals surface area contributed by atoms with Crippen molar-refractivity contribution < 1.29 is 27.4 Å². The number of aromatic nitrogens is 1. The molecule has 0 radical (unpaired) electrons. The predicted octanol–water partition coefficient (Wildman–Crippen LogP) is 4.15. The summed E-state index contributed by atoms with van der Waals surface area (Å²) >= 11 is 0. The number of carbonyl (C=O) groups is 1. The molecule has 1 amide bonds. The van der Waals surface area contributed by atoms with E-state index in [0.29, 0.717) is 10.9 Å². The van der Waals surface area contributed by atoms with Gasteiger partial charge in [-0.2, -0.15) is 13.2 Å². The summed E-state index contributed by atoms with van der Waals surface area (Å²) in [7, 11) is 1.39. The van der Waals surface area contributed by atoms with Gasteiger partial charge in [-0.25, -0.2) is 0 Å². The van der Waals surface area contributed by atoms with E-state index in [2.05, 4.69) is 4.98 Å². The molecule has 3 rings (SSSR count). The Bertz CT molecular complexity index is 987. The van der Waals surface area contributed by atoms with E-state index < -0.39 is 17.6 Å². The number of nitrogens with zero attached hydrogens (tertiary/aromatic N) is 1. The van der Waals surface area contributed by atoms with Crippen LogP contribution in [0.25, 0.3) is 10.9 Å². The van der Waals surface area contributed by atoms with Crippen LogP contribution in [0.2, 0.25) is 0 Å². The Morgan fingerprint density at radius 1 is 1.12 bits per heavy atom. The van der Waals surface area contributed by atoms with E-state index in [9.17, 15) is 18.0 Å². The molecular formula is C18H13F3N2O3. The average Bonchev–Trinajstić information content (AvgIpc) is 2.60. The number of fused-ring (bicyclic) bond motifs is 1. The Labute approximate surface area is 146 Å². The number of rotatable bonds is 4. The summed E-state index contributed by atoms with van der Waals surface area (Å²) in [6.07, 6.45) is -3.04. The summed E-state index contributed by atoms with van der Waals surface area (Å²) < 4.78 is 49.3. The summed E-state index contributed by atoms with van der Waals surface area (Å²) in [5.74, 6) is -0.227. The quantitative estimate of drug-likeness (QED) is 0.756. The molecule has 0 aliphatic heterocycles. The normalized spacial score (nSPS) is 11.4. The van der Waals surface area contributed by atoms with E-state index in [-0.39, 0.29) is 22.8 Å². The van der Waals surface area contributed by atoms with Crippen molar-refractivity contribution in [3.05, 3.63) is 59.8 Å². The maximum atomic E-state index is 12.9. The second-order valence-electron chi connectivity index (χ2n) is 5.37. The molecule has 134 valence electrons. The van der Waals surface area contributed by atoms with Crippen molar-refractivity contribution in [2.45, 2.75) is 6.18 Å². The van der Waals surface area contributed by atoms with Gasteiger partial charge in [0.05, 0.1) is 23.8 Å². The predicted molar refractivity (Wildman–Crippen MR) is 88.3 cm³/mol. The first-order valence-electron chi connectivity index (χ1n) is 7.41. The van der Waals surface area contributed by atoms with E-state index in [4.69, 9.17) is 15.2 Å². The Hall–Kier alpha value is -3.29. The summed E-state index contributed by atoms with van der Waals surface area (Å²) in [5, 5.41) is 0.416. The second kappa shape index (κ2) is 6.55. The number of ether oxygens (including phenoxy) is 2. The van der Waals surface area contributed by atoms with Crippen LogP contribution in [0.4, 0.5) is 13.2 Å². The van der Waals surface area contributed by atoms with Gasteiger partial charge in [0.2, 0.25) is 0 Å². The zero-order valence-corrected chi connectivity index (χ0v) is 13.5. The molecule has 0 fully saturated rings. The Morgan fingerprint density at radius 3 is 2.54 bits per heavy atom. The number of primary amides is 1. The molecule has 0 saturated heterocycles. The number of carbonyl (C=O) groups excluding carboxylic acids is 1. The van der Waals surface area contributed by atoms with Crippen LogP contribution in [0, 0.1) is 0 Å². The lowest BCUT2D eigenvalue weighted by Gasteiger charge is -2.13. The van der Waals surface area contributed by atoms with Crippen LogP contribution in [-0.2, 0) is 6.18 Å². The van der Waals surface area contributed by atoms with Crippen LogP contribution >= 0.6 is 0 Å². The van der Waals surface area contributed by atoms with Crippen molar-refractivity contribution in [1.29, 1.82) is 0 Å². The number of amides is 1. The number of hydrogen-bond donors (Lipinski definition) is 1. The summed E-state index contributed by atoms with van der Waals surface area (Å²) in [6, 6.07) is 8.93. The van der Waals surface area contributed by atoms with Crippen molar-refractivity contribution in [2.24, 2.45) is 5.73 Å². The molecule has 0 atom stereocenters. The lowest BCUT2D eigenvalue weighted by molar-refractivity contribution is -0.137. The van der Waals surface area contributed by atoms with Crippen LogP contribution in [-0.4, -0.2) is 18.0 Å². The number of methoxy groups -OCH3 is 1. The second-order valence-corrected chi connectivity index (χ2v) is 5.37. The molecule has 3 aromatic rings. The monoisotopic (exact) mass is 362 g/mol. The molecule has 8 heteroatoms. The van der Waals surface area contributed by atoms with Gasteiger partial charge < -0.3 is 15.2 Å². The minimum Gasteiger partial charge on any atom is -0.496 e. The smallest absolute Gasteiger partial charge is 0.416 e. The minimum atomic E-state index is -4.48. The van der Waals surface area contributed by atoms with Crippen molar-refractivity contribution in [3.8, 4) is 17.2 Å². The molecule has 0 unspecified atom stereocenters. The SMILES string of the molecule is COc1cc2nccc(Oc3cccc(C(F)(F)F)c3)c2cc1C(N)=O. The van der Waals surface area contributed by atoms with Crippen LogP contribution < -0.4 is 15.2 Å². The Morgan fingerprint density at radius 2 is 1.88 bits per heavy atom. The van der Waals surface area contributed by atoms with Crippen LogP contribution in [0.3, 0.4) is 0 Å². The topological polar surface area (TPSA) is 74.4 Å². The maximum absolute atomic E-state index is 12.9. The lowest BCUT2D eigenvalue weighted by Crippen LogP contribution is -2.12. The molecule has 0 aliphatic rings. The van der Waals surface area contributed by atoms with Crippen molar-refractivity contribution in [3.63, 3.8) is 0 Å². The number of halogens is 3. The first-order valence-corrected chi connectivity index (χ1v) is 7.41. The van der Waals surface area contributed by atoms with Crippen molar-refractivity contribution in [2.75, 3.05) is 7.11 Å². The van der Waals surface area contributed by atoms with E-state index >= 15 is 0 Å².